The Morgan fingerprint density at radius 1 is 0.280 bits per heavy atom. The van der Waals surface area contributed by atoms with Gasteiger partial charge in [-0.25, -0.2) is 0 Å². The molecule has 19 heteroatoms. The smallest absolute Gasteiger partial charge is 0.422 e. The Balaban J connectivity index is 0.00000144. The molecule has 0 N–H and O–H groups in total. The van der Waals surface area contributed by atoms with Crippen LogP contribution in [0.15, 0.2) is 34.1 Å². The molecular formula is C56H118PbS6Si12. The summed E-state index contributed by atoms with van der Waals surface area (Å²) in [5.74, 6) is 0. The van der Waals surface area contributed by atoms with Gasteiger partial charge in [-0.2, -0.15) is 0 Å². The van der Waals surface area contributed by atoms with Crippen LogP contribution in [-0.4, -0.2) is 131 Å². The number of hydrogen-bond donors (Lipinski definition) is 0. The molecule has 0 saturated heterocycles. The topological polar surface area (TPSA) is 0 Å². The van der Waals surface area contributed by atoms with Crippen molar-refractivity contribution in [2.45, 2.75) is 276 Å². The maximum atomic E-state index is 5.68. The van der Waals surface area contributed by atoms with E-state index in [1.54, 1.807) is 56.9 Å². The minimum atomic E-state index is -1.53. The van der Waals surface area contributed by atoms with Gasteiger partial charge in [-0.1, -0.05) is 267 Å². The minimum Gasteiger partial charge on any atom is -0.422 e. The molecule has 0 fully saturated rings. The zero-order chi connectivity index (χ0) is 59.5. The van der Waals surface area contributed by atoms with E-state index >= 15 is 0 Å². The standard InChI is InChI=1S/2C28H60S3Si6.Pb/c2*1-32(2,3)25(33(4,5)6)21-19-22(26(34(7,8)9)35(10,11)12)24(31-28(29)30)23(20-21)27(36(13,14)15)37(16,17)18;/h2*19-20,25-27H,1-18H3,(H,29,30);/q;;+2/p-2. The summed E-state index contributed by atoms with van der Waals surface area (Å²) >= 11 is 26.3. The number of hydrogen-bond acceptors (Lipinski definition) is 6. The van der Waals surface area contributed by atoms with Crippen LogP contribution in [0.25, 0.3) is 0 Å². The van der Waals surface area contributed by atoms with E-state index in [0.717, 1.165) is 10.3 Å². The summed E-state index contributed by atoms with van der Waals surface area (Å²) in [4.78, 5) is 2.97. The Morgan fingerprint density at radius 2 is 0.400 bits per heavy atom. The van der Waals surface area contributed by atoms with Gasteiger partial charge in [-0.3, -0.25) is 0 Å². The Bertz CT molecular complexity index is 1910. The van der Waals surface area contributed by atoms with Crippen LogP contribution in [0.3, 0.4) is 0 Å². The quantitative estimate of drug-likeness (QED) is 0.0557. The maximum Gasteiger partial charge on any atom is 2.00 e. The molecular weight excluding hydrogens is 1410 g/mol. The van der Waals surface area contributed by atoms with Crippen LogP contribution in [0.5, 0.6) is 0 Å². The molecule has 0 unspecified atom stereocenters. The van der Waals surface area contributed by atoms with E-state index in [9.17, 15) is 0 Å². The second kappa shape index (κ2) is 26.9. The van der Waals surface area contributed by atoms with Gasteiger partial charge in [-0.05, 0) is 64.4 Å². The van der Waals surface area contributed by atoms with Crippen LogP contribution in [0.2, 0.25) is 236 Å². The fraction of sp³-hybridized carbons (Fsp3) is 0.750. The van der Waals surface area contributed by atoms with E-state index in [4.69, 9.17) is 49.7 Å². The molecule has 0 atom stereocenters. The molecule has 0 spiro atoms. The van der Waals surface area contributed by atoms with E-state index in [0.29, 0.717) is 27.7 Å². The molecule has 0 heterocycles. The SMILES string of the molecule is C[Si](C)(C)C(c1cc(C([Si](C)(C)C)[Si](C)(C)C)c(SC(=S)[S-])c(C([Si](C)(C)C)[Si](C)(C)C)c1)[Si](C)(C)C.C[Si](C)(C)C(c1cc(C([Si](C)(C)C)[Si](C)(C)C)c(SC(=S)[S-])c(C([Si](C)(C)C)[Si](C)(C)C)c1)[Si](C)(C)C.[Pb+2]. The first-order valence-electron chi connectivity index (χ1n) is 28.1. The second-order valence-electron chi connectivity index (χ2n) is 35.8. The van der Waals surface area contributed by atoms with Gasteiger partial charge in [0.25, 0.3) is 0 Å². The third kappa shape index (κ3) is 22.6. The third-order valence-corrected chi connectivity index (χ3v) is 73.5. The van der Waals surface area contributed by atoms with Crippen LogP contribution < -0.4 is 0 Å². The van der Waals surface area contributed by atoms with Gasteiger partial charge < -0.3 is 49.7 Å². The van der Waals surface area contributed by atoms with Gasteiger partial charge >= 0.3 is 27.3 Å². The second-order valence-corrected chi connectivity index (χ2v) is 108. The Labute approximate surface area is 532 Å². The average Bonchev–Trinajstić information content (AvgIpc) is 2.99. The number of thioether (sulfide) groups is 2. The van der Waals surface area contributed by atoms with E-state index < -0.39 is 96.9 Å². The Morgan fingerprint density at radius 3 is 0.493 bits per heavy atom. The molecule has 0 bridgehead atoms. The van der Waals surface area contributed by atoms with Crippen LogP contribution >= 0.6 is 48.0 Å². The molecule has 2 radical (unpaired) electrons. The molecule has 75 heavy (non-hydrogen) atoms. The van der Waals surface area contributed by atoms with E-state index in [-0.39, 0.29) is 27.3 Å². The van der Waals surface area contributed by atoms with Crippen molar-refractivity contribution in [3.8, 4) is 0 Å². The summed E-state index contributed by atoms with van der Waals surface area (Å²) in [6.45, 7) is 93.8. The number of thiocarbonyl (C=S) groups is 2. The van der Waals surface area contributed by atoms with E-state index in [1.807, 2.05) is 0 Å². The van der Waals surface area contributed by atoms with Gasteiger partial charge in [0.2, 0.25) is 0 Å². The zero-order valence-electron chi connectivity index (χ0n) is 55.7. The normalized spacial score (nSPS) is 14.5. The van der Waals surface area contributed by atoms with Crippen molar-refractivity contribution in [1.82, 2.24) is 0 Å². The minimum absolute atomic E-state index is 0. The van der Waals surface area contributed by atoms with Gasteiger partial charge in [0.15, 0.2) is 0 Å². The van der Waals surface area contributed by atoms with Gasteiger partial charge in [0.1, 0.15) is 0 Å². The molecule has 0 aliphatic rings. The van der Waals surface area contributed by atoms with E-state index in [1.165, 1.54) is 9.79 Å². The average molecular weight is 1530 g/mol. The summed E-state index contributed by atoms with van der Waals surface area (Å²) in [7, 11) is -18.1. The Kier molecular flexibility index (Phi) is 28.1. The third-order valence-electron chi connectivity index (χ3n) is 15.0. The summed E-state index contributed by atoms with van der Waals surface area (Å²) in [6, 6.07) is 10.9. The van der Waals surface area contributed by atoms with Crippen molar-refractivity contribution in [2.24, 2.45) is 0 Å². The monoisotopic (exact) mass is 1530 g/mol. The number of rotatable bonds is 20. The van der Waals surface area contributed by atoms with E-state index in [2.05, 4.69) is 260 Å². The number of benzene rings is 2. The van der Waals surface area contributed by atoms with Gasteiger partial charge in [-0.15, -0.1) is 23.5 Å². The molecule has 2 aromatic rings. The van der Waals surface area contributed by atoms with Crippen molar-refractivity contribution in [3.63, 3.8) is 0 Å². The molecule has 2 rings (SSSR count). The summed E-state index contributed by atoms with van der Waals surface area (Å²) in [5, 5.41) is 4.19. The van der Waals surface area contributed by atoms with Crippen LogP contribution in [0.1, 0.15) is 64.4 Å². The first-order valence-corrected chi connectivity index (χ1v) is 74.3. The van der Waals surface area contributed by atoms with Gasteiger partial charge in [0.05, 0.1) is 0 Å². The fourth-order valence-electron chi connectivity index (χ4n) is 16.5. The molecule has 2 aromatic carbocycles. The molecule has 0 aliphatic heterocycles. The zero-order valence-corrected chi connectivity index (χ0v) is 76.5. The van der Waals surface area contributed by atoms with Crippen LogP contribution in [0.4, 0.5) is 0 Å². The fourth-order valence-corrected chi connectivity index (χ4v) is 96.2. The molecule has 0 amide bonds. The van der Waals surface area contributed by atoms with Crippen molar-refractivity contribution in [2.75, 3.05) is 0 Å². The van der Waals surface area contributed by atoms with Crippen LogP contribution in [0, 0.1) is 0 Å². The summed E-state index contributed by atoms with van der Waals surface area (Å²) < 4.78 is 1.33. The van der Waals surface area contributed by atoms with Crippen molar-refractivity contribution < 1.29 is 0 Å². The van der Waals surface area contributed by atoms with Crippen molar-refractivity contribution >= 4 is 204 Å². The van der Waals surface area contributed by atoms with Gasteiger partial charge in [0, 0.05) is 107 Å². The van der Waals surface area contributed by atoms with Crippen LogP contribution in [-0.2, 0) is 25.3 Å². The molecule has 0 aliphatic carbocycles. The first-order chi connectivity index (χ1) is 32.0. The summed E-state index contributed by atoms with van der Waals surface area (Å²) in [6.07, 6.45) is 0. The predicted octanol–water partition coefficient (Wildman–Crippen LogP) is 21.9. The molecule has 430 valence electrons. The molecule has 0 nitrogen and oxygen atoms in total. The van der Waals surface area contributed by atoms with Crippen molar-refractivity contribution in [1.29, 1.82) is 0 Å². The maximum absolute atomic E-state index is 5.68. The predicted molar refractivity (Wildman–Crippen MR) is 407 cm³/mol. The first kappa shape index (κ1) is 78.3. The van der Waals surface area contributed by atoms with Crippen molar-refractivity contribution in [3.05, 3.63) is 57.6 Å². The largest absolute Gasteiger partial charge is 2.00 e. The molecule has 0 aromatic heterocycles. The summed E-state index contributed by atoms with van der Waals surface area (Å²) in [5.41, 5.74) is 9.92. The molecule has 0 saturated carbocycles. The Hall–Kier alpha value is 3.28.